The highest BCUT2D eigenvalue weighted by Gasteiger charge is 2.34. The maximum atomic E-state index is 13.0. The van der Waals surface area contributed by atoms with Gasteiger partial charge in [0.25, 0.3) is 0 Å². The number of amides is 2. The summed E-state index contributed by atoms with van der Waals surface area (Å²) >= 11 is 1.18. The van der Waals surface area contributed by atoms with Crippen LogP contribution >= 0.6 is 11.8 Å². The van der Waals surface area contributed by atoms with E-state index in [2.05, 4.69) is 10.3 Å². The van der Waals surface area contributed by atoms with E-state index >= 15 is 0 Å². The Bertz CT molecular complexity index is 1100. The Morgan fingerprint density at radius 3 is 2.67 bits per heavy atom. The first-order valence-electron chi connectivity index (χ1n) is 8.86. The summed E-state index contributed by atoms with van der Waals surface area (Å²) in [4.78, 5) is 30.2. The van der Waals surface area contributed by atoms with Crippen LogP contribution in [0.1, 0.15) is 5.56 Å². The largest absolute Gasteiger partial charge is 0.416 e. The number of nitrogens with one attached hydrogen (secondary N) is 1. The molecule has 1 N–H and O–H groups in total. The number of halogens is 3. The molecule has 0 bridgehead atoms. The van der Waals surface area contributed by atoms with Crippen LogP contribution in [-0.4, -0.2) is 33.7 Å². The van der Waals surface area contributed by atoms with Crippen molar-refractivity contribution >= 4 is 35.0 Å². The molecule has 2 heterocycles. The maximum absolute atomic E-state index is 13.0. The summed E-state index contributed by atoms with van der Waals surface area (Å²) in [5.41, 5.74) is 0.187. The van der Waals surface area contributed by atoms with E-state index < -0.39 is 23.6 Å². The van der Waals surface area contributed by atoms with Crippen LogP contribution in [0.5, 0.6) is 0 Å². The standard InChI is InChI=1S/C20H15F3N4O2S/c21-20(22,23)13-6-7-16-15(10-13)25-17(28)11-27(16)18(29)12-30-19-24-8-9-26(19)14-4-2-1-3-5-14/h1-10H,11-12H2,(H,25,28). The van der Waals surface area contributed by atoms with Crippen molar-refractivity contribution < 1.29 is 22.8 Å². The minimum atomic E-state index is -4.55. The van der Waals surface area contributed by atoms with Crippen molar-refractivity contribution in [3.05, 3.63) is 66.5 Å². The first kappa shape index (κ1) is 20.0. The number of anilines is 2. The molecule has 2 aromatic carbocycles. The van der Waals surface area contributed by atoms with Crippen LogP contribution in [-0.2, 0) is 15.8 Å². The number of benzene rings is 2. The summed E-state index contributed by atoms with van der Waals surface area (Å²) in [5, 5.41) is 2.99. The smallest absolute Gasteiger partial charge is 0.323 e. The summed E-state index contributed by atoms with van der Waals surface area (Å²) in [7, 11) is 0. The number of carbonyl (C=O) groups is 2. The number of hydrogen-bond donors (Lipinski definition) is 1. The van der Waals surface area contributed by atoms with E-state index in [1.54, 1.807) is 12.4 Å². The van der Waals surface area contributed by atoms with E-state index in [1.807, 2.05) is 34.9 Å². The number of aromatic nitrogens is 2. The predicted molar refractivity (Wildman–Crippen MR) is 107 cm³/mol. The van der Waals surface area contributed by atoms with Gasteiger partial charge in [-0.3, -0.25) is 14.2 Å². The Labute approximate surface area is 173 Å². The van der Waals surface area contributed by atoms with E-state index in [1.165, 1.54) is 22.7 Å². The Balaban J connectivity index is 1.53. The molecule has 0 spiro atoms. The highest BCUT2D eigenvalue weighted by Crippen LogP contribution is 2.37. The van der Waals surface area contributed by atoms with Crippen molar-refractivity contribution in [2.75, 3.05) is 22.5 Å². The van der Waals surface area contributed by atoms with Gasteiger partial charge in [-0.2, -0.15) is 13.2 Å². The number of imidazole rings is 1. The molecule has 0 radical (unpaired) electrons. The predicted octanol–water partition coefficient (Wildman–Crippen LogP) is 3.97. The van der Waals surface area contributed by atoms with Crippen molar-refractivity contribution in [3.63, 3.8) is 0 Å². The average Bonchev–Trinajstić information content (AvgIpc) is 3.19. The molecular formula is C20H15F3N4O2S. The zero-order valence-electron chi connectivity index (χ0n) is 15.4. The molecule has 10 heteroatoms. The molecule has 0 saturated carbocycles. The number of para-hydroxylation sites is 1. The second-order valence-electron chi connectivity index (χ2n) is 6.46. The Morgan fingerprint density at radius 2 is 1.93 bits per heavy atom. The van der Waals surface area contributed by atoms with Crippen LogP contribution in [0.4, 0.5) is 24.5 Å². The molecule has 0 aliphatic carbocycles. The first-order chi connectivity index (χ1) is 14.3. The highest BCUT2D eigenvalue weighted by atomic mass is 32.2. The topological polar surface area (TPSA) is 67.2 Å². The molecule has 1 aliphatic heterocycles. The van der Waals surface area contributed by atoms with E-state index in [9.17, 15) is 22.8 Å². The van der Waals surface area contributed by atoms with Gasteiger partial charge in [-0.15, -0.1) is 0 Å². The Hall–Kier alpha value is -3.27. The molecule has 6 nitrogen and oxygen atoms in total. The van der Waals surface area contributed by atoms with Gasteiger partial charge >= 0.3 is 6.18 Å². The quantitative estimate of drug-likeness (QED) is 0.634. The molecule has 0 fully saturated rings. The summed E-state index contributed by atoms with van der Waals surface area (Å²) in [6.45, 7) is -0.259. The summed E-state index contributed by atoms with van der Waals surface area (Å²) in [5.74, 6) is -0.984. The van der Waals surface area contributed by atoms with Gasteiger partial charge in [-0.25, -0.2) is 4.98 Å². The van der Waals surface area contributed by atoms with Crippen LogP contribution < -0.4 is 10.2 Å². The fourth-order valence-corrected chi connectivity index (χ4v) is 3.92. The minimum Gasteiger partial charge on any atom is -0.323 e. The van der Waals surface area contributed by atoms with Crippen LogP contribution in [0, 0.1) is 0 Å². The number of rotatable bonds is 4. The van der Waals surface area contributed by atoms with Crippen molar-refractivity contribution in [3.8, 4) is 5.69 Å². The van der Waals surface area contributed by atoms with Crippen molar-refractivity contribution in [2.24, 2.45) is 0 Å². The number of nitrogens with zero attached hydrogens (tertiary/aromatic N) is 3. The minimum absolute atomic E-state index is 0.0302. The number of hydrogen-bond acceptors (Lipinski definition) is 4. The summed E-state index contributed by atoms with van der Waals surface area (Å²) < 4.78 is 40.7. The lowest BCUT2D eigenvalue weighted by molar-refractivity contribution is -0.137. The van der Waals surface area contributed by atoms with Crippen LogP contribution in [0.15, 0.2) is 66.1 Å². The zero-order chi connectivity index (χ0) is 21.3. The number of alkyl halides is 3. The van der Waals surface area contributed by atoms with E-state index in [0.29, 0.717) is 5.16 Å². The van der Waals surface area contributed by atoms with E-state index in [4.69, 9.17) is 0 Å². The molecule has 154 valence electrons. The van der Waals surface area contributed by atoms with Gasteiger partial charge in [0.1, 0.15) is 6.54 Å². The molecule has 0 unspecified atom stereocenters. The van der Waals surface area contributed by atoms with Crippen LogP contribution in [0.3, 0.4) is 0 Å². The van der Waals surface area contributed by atoms with Crippen molar-refractivity contribution in [2.45, 2.75) is 11.3 Å². The number of thioether (sulfide) groups is 1. The molecular weight excluding hydrogens is 417 g/mol. The lowest BCUT2D eigenvalue weighted by Gasteiger charge is -2.29. The molecule has 4 rings (SSSR count). The molecule has 0 saturated heterocycles. The van der Waals surface area contributed by atoms with Gasteiger partial charge in [-0.1, -0.05) is 30.0 Å². The van der Waals surface area contributed by atoms with Gasteiger partial charge in [0, 0.05) is 18.1 Å². The molecule has 1 aliphatic rings. The first-order valence-corrected chi connectivity index (χ1v) is 9.84. The Kier molecular flexibility index (Phi) is 5.25. The summed E-state index contributed by atoms with van der Waals surface area (Å²) in [6.07, 6.45) is -1.16. The molecule has 3 aromatic rings. The van der Waals surface area contributed by atoms with Gasteiger partial charge in [0.2, 0.25) is 11.8 Å². The summed E-state index contributed by atoms with van der Waals surface area (Å²) in [6, 6.07) is 12.4. The number of fused-ring (bicyclic) bond motifs is 1. The normalized spacial score (nSPS) is 13.7. The zero-order valence-corrected chi connectivity index (χ0v) is 16.2. The number of carbonyl (C=O) groups excluding carboxylic acids is 2. The average molecular weight is 432 g/mol. The van der Waals surface area contributed by atoms with Gasteiger partial charge in [-0.05, 0) is 30.3 Å². The third kappa shape index (κ3) is 4.04. The van der Waals surface area contributed by atoms with Crippen LogP contribution in [0.2, 0.25) is 0 Å². The van der Waals surface area contributed by atoms with Crippen molar-refractivity contribution in [1.29, 1.82) is 0 Å². The molecule has 1 aromatic heterocycles. The van der Waals surface area contributed by atoms with Gasteiger partial charge in [0.15, 0.2) is 5.16 Å². The lowest BCUT2D eigenvalue weighted by Crippen LogP contribution is -2.43. The third-order valence-corrected chi connectivity index (χ3v) is 5.41. The lowest BCUT2D eigenvalue weighted by atomic mass is 10.1. The van der Waals surface area contributed by atoms with Crippen LogP contribution in [0.25, 0.3) is 5.69 Å². The van der Waals surface area contributed by atoms with Gasteiger partial charge < -0.3 is 10.2 Å². The monoisotopic (exact) mass is 432 g/mol. The third-order valence-electron chi connectivity index (χ3n) is 4.46. The second kappa shape index (κ2) is 7.86. The van der Waals surface area contributed by atoms with E-state index in [-0.39, 0.29) is 23.7 Å². The maximum Gasteiger partial charge on any atom is 0.416 e. The highest BCUT2D eigenvalue weighted by molar-refractivity contribution is 7.99. The SMILES string of the molecule is O=C1CN(C(=O)CSc2nccn2-c2ccccc2)c2ccc(C(F)(F)F)cc2N1. The van der Waals surface area contributed by atoms with Gasteiger partial charge in [0.05, 0.1) is 22.7 Å². The van der Waals surface area contributed by atoms with Crippen molar-refractivity contribution in [1.82, 2.24) is 9.55 Å². The fraction of sp³-hybridized carbons (Fsp3) is 0.150. The molecule has 30 heavy (non-hydrogen) atoms. The van der Waals surface area contributed by atoms with E-state index in [0.717, 1.165) is 17.8 Å². The molecule has 2 amide bonds. The Morgan fingerprint density at radius 1 is 1.17 bits per heavy atom. The second-order valence-corrected chi connectivity index (χ2v) is 7.40. The fourth-order valence-electron chi connectivity index (χ4n) is 3.07. The molecule has 0 atom stereocenters.